The zero-order valence-electron chi connectivity index (χ0n) is 17.5. The first-order valence-corrected chi connectivity index (χ1v) is 11.1. The molecule has 1 aliphatic rings. The highest BCUT2D eigenvalue weighted by Crippen LogP contribution is 2.38. The van der Waals surface area contributed by atoms with E-state index >= 15 is 0 Å². The van der Waals surface area contributed by atoms with Crippen molar-refractivity contribution in [2.45, 2.75) is 39.2 Å². The molecule has 0 aliphatic carbocycles. The van der Waals surface area contributed by atoms with Crippen molar-refractivity contribution in [3.63, 3.8) is 0 Å². The van der Waals surface area contributed by atoms with Crippen molar-refractivity contribution in [3.05, 3.63) is 57.3 Å². The van der Waals surface area contributed by atoms with Gasteiger partial charge in [0.15, 0.2) is 0 Å². The highest BCUT2D eigenvalue weighted by Gasteiger charge is 2.34. The summed E-state index contributed by atoms with van der Waals surface area (Å²) in [6.45, 7) is 5.53. The van der Waals surface area contributed by atoms with E-state index in [9.17, 15) is 9.59 Å². The average Bonchev–Trinajstić information content (AvgIpc) is 3.20. The van der Waals surface area contributed by atoms with Gasteiger partial charge in [0.05, 0.1) is 12.6 Å². The summed E-state index contributed by atoms with van der Waals surface area (Å²) in [7, 11) is 1.51. The first kappa shape index (κ1) is 21.5. The van der Waals surface area contributed by atoms with Gasteiger partial charge in [0.25, 0.3) is 0 Å². The van der Waals surface area contributed by atoms with E-state index in [1.54, 1.807) is 16.2 Å². The summed E-state index contributed by atoms with van der Waals surface area (Å²) < 4.78 is 5.02. The number of thiophene rings is 1. The Morgan fingerprint density at radius 3 is 2.76 bits per heavy atom. The van der Waals surface area contributed by atoms with Crippen LogP contribution in [-0.4, -0.2) is 55.0 Å². The number of methoxy groups -OCH3 is 1. The highest BCUT2D eigenvalue weighted by molar-refractivity contribution is 7.10. The van der Waals surface area contributed by atoms with Crippen LogP contribution in [0.5, 0.6) is 0 Å². The molecule has 29 heavy (non-hydrogen) atoms. The molecule has 1 aromatic carbocycles. The Balaban J connectivity index is 1.87. The van der Waals surface area contributed by atoms with Gasteiger partial charge in [0, 0.05) is 25.1 Å². The molecule has 2 heterocycles. The van der Waals surface area contributed by atoms with Crippen molar-refractivity contribution in [1.29, 1.82) is 0 Å². The van der Waals surface area contributed by atoms with E-state index in [-0.39, 0.29) is 31.0 Å². The number of fused-ring (bicyclic) bond motifs is 1. The van der Waals surface area contributed by atoms with Crippen LogP contribution in [-0.2, 0) is 20.7 Å². The van der Waals surface area contributed by atoms with Crippen LogP contribution in [0.3, 0.4) is 0 Å². The van der Waals surface area contributed by atoms with Gasteiger partial charge in [-0.15, -0.1) is 11.3 Å². The molecule has 0 unspecified atom stereocenters. The molecule has 0 bridgehead atoms. The lowest BCUT2D eigenvalue weighted by Crippen LogP contribution is -2.47. The van der Waals surface area contributed by atoms with Gasteiger partial charge < -0.3 is 14.5 Å². The first-order valence-electron chi connectivity index (χ1n) is 10.2. The van der Waals surface area contributed by atoms with Crippen molar-refractivity contribution in [2.24, 2.45) is 0 Å². The minimum absolute atomic E-state index is 0.00402. The van der Waals surface area contributed by atoms with E-state index in [2.05, 4.69) is 37.4 Å². The zero-order chi connectivity index (χ0) is 20.8. The maximum atomic E-state index is 13.4. The normalized spacial score (nSPS) is 15.8. The lowest BCUT2D eigenvalue weighted by atomic mass is 9.90. The van der Waals surface area contributed by atoms with Crippen molar-refractivity contribution in [2.75, 3.05) is 33.4 Å². The summed E-state index contributed by atoms with van der Waals surface area (Å²) in [5.74, 6) is -0.134. The molecular weight excluding hydrogens is 384 g/mol. The van der Waals surface area contributed by atoms with E-state index in [1.165, 1.54) is 23.1 Å². The molecule has 1 aromatic heterocycles. The van der Waals surface area contributed by atoms with Gasteiger partial charge in [-0.25, -0.2) is 0 Å². The fourth-order valence-corrected chi connectivity index (χ4v) is 4.83. The second kappa shape index (κ2) is 10.0. The number of carbonyl (C=O) groups is 2. The summed E-state index contributed by atoms with van der Waals surface area (Å²) in [6, 6.07) is 10.3. The molecule has 0 saturated carbocycles. The molecule has 3 rings (SSSR count). The van der Waals surface area contributed by atoms with Gasteiger partial charge >= 0.3 is 0 Å². The number of unbranched alkanes of at least 4 members (excludes halogenated alkanes) is 1. The Morgan fingerprint density at radius 2 is 2.03 bits per heavy atom. The summed E-state index contributed by atoms with van der Waals surface area (Å²) >= 11 is 1.76. The number of hydrogen-bond acceptors (Lipinski definition) is 4. The topological polar surface area (TPSA) is 49.9 Å². The van der Waals surface area contributed by atoms with Gasteiger partial charge in [0.2, 0.25) is 11.8 Å². The molecule has 2 aromatic rings. The van der Waals surface area contributed by atoms with Crippen LogP contribution in [0.2, 0.25) is 0 Å². The number of nitrogens with zero attached hydrogens (tertiary/aromatic N) is 2. The molecule has 0 spiro atoms. The standard InChI is InChI=1S/C23H30N2O3S/c1-4-5-12-24(22(27)16-28-3)15-21(26)25-13-10-20-19(11-14-29-20)23(25)18-9-7-6-8-17(18)2/h6-9,11,14,23H,4-5,10,12-13,15-16H2,1-3H3/t23-/m0/s1. The monoisotopic (exact) mass is 414 g/mol. The number of benzene rings is 1. The molecule has 0 N–H and O–H groups in total. The number of rotatable bonds is 8. The third-order valence-corrected chi connectivity index (χ3v) is 6.49. The number of carbonyl (C=O) groups excluding carboxylic acids is 2. The van der Waals surface area contributed by atoms with E-state index in [4.69, 9.17) is 4.74 Å². The van der Waals surface area contributed by atoms with E-state index in [0.717, 1.165) is 24.8 Å². The second-order valence-corrected chi connectivity index (χ2v) is 8.50. The summed E-state index contributed by atoms with van der Waals surface area (Å²) in [6.07, 6.45) is 2.71. The second-order valence-electron chi connectivity index (χ2n) is 7.50. The Morgan fingerprint density at radius 1 is 1.24 bits per heavy atom. The molecule has 1 aliphatic heterocycles. The largest absolute Gasteiger partial charge is 0.375 e. The van der Waals surface area contributed by atoms with Crippen LogP contribution in [0, 0.1) is 6.92 Å². The van der Waals surface area contributed by atoms with E-state index < -0.39 is 0 Å². The van der Waals surface area contributed by atoms with Crippen LogP contribution in [0.1, 0.15) is 47.4 Å². The maximum absolute atomic E-state index is 13.4. The van der Waals surface area contributed by atoms with Crippen molar-refractivity contribution < 1.29 is 14.3 Å². The third-order valence-electron chi connectivity index (χ3n) is 5.50. The van der Waals surface area contributed by atoms with Crippen LogP contribution in [0.25, 0.3) is 0 Å². The Hall–Kier alpha value is -2.18. The Labute approximate surface area is 177 Å². The minimum atomic E-state index is -0.130. The van der Waals surface area contributed by atoms with Gasteiger partial charge in [0.1, 0.15) is 6.61 Å². The fraction of sp³-hybridized carbons (Fsp3) is 0.478. The van der Waals surface area contributed by atoms with E-state index in [0.29, 0.717) is 13.1 Å². The lowest BCUT2D eigenvalue weighted by Gasteiger charge is -2.38. The molecule has 0 radical (unpaired) electrons. The van der Waals surface area contributed by atoms with E-state index in [1.807, 2.05) is 17.0 Å². The first-order chi connectivity index (χ1) is 14.1. The van der Waals surface area contributed by atoms with Crippen LogP contribution < -0.4 is 0 Å². The molecule has 6 heteroatoms. The number of ether oxygens (including phenoxy) is 1. The van der Waals surface area contributed by atoms with Gasteiger partial charge in [-0.05, 0) is 47.9 Å². The summed E-state index contributed by atoms with van der Waals surface area (Å²) in [5, 5.41) is 2.11. The Bertz CT molecular complexity index is 848. The number of aryl methyl sites for hydroxylation is 1. The number of amides is 2. The van der Waals surface area contributed by atoms with Crippen LogP contribution in [0.4, 0.5) is 0 Å². The fourth-order valence-electron chi connectivity index (χ4n) is 3.92. The smallest absolute Gasteiger partial charge is 0.249 e. The quantitative estimate of drug-likeness (QED) is 0.660. The molecule has 1 atom stereocenters. The predicted octanol–water partition coefficient (Wildman–Crippen LogP) is 3.81. The third kappa shape index (κ3) is 4.87. The average molecular weight is 415 g/mol. The van der Waals surface area contributed by atoms with Crippen molar-refractivity contribution >= 4 is 23.2 Å². The van der Waals surface area contributed by atoms with Gasteiger partial charge in [-0.3, -0.25) is 9.59 Å². The molecule has 0 saturated heterocycles. The highest BCUT2D eigenvalue weighted by atomic mass is 32.1. The van der Waals surface area contributed by atoms with Gasteiger partial charge in [-0.2, -0.15) is 0 Å². The minimum Gasteiger partial charge on any atom is -0.375 e. The Kier molecular flexibility index (Phi) is 7.45. The lowest BCUT2D eigenvalue weighted by molar-refractivity contribution is -0.143. The molecule has 5 nitrogen and oxygen atoms in total. The van der Waals surface area contributed by atoms with Crippen molar-refractivity contribution in [3.8, 4) is 0 Å². The van der Waals surface area contributed by atoms with Crippen LogP contribution in [0.15, 0.2) is 35.7 Å². The molecule has 0 fully saturated rings. The predicted molar refractivity (Wildman–Crippen MR) is 116 cm³/mol. The SMILES string of the molecule is CCCCN(CC(=O)N1CCc2sccc2[C@@H]1c1ccccc1C)C(=O)COC. The molecular formula is C23H30N2O3S. The molecule has 156 valence electrons. The molecule has 2 amide bonds. The summed E-state index contributed by atoms with van der Waals surface area (Å²) in [5.41, 5.74) is 3.54. The zero-order valence-corrected chi connectivity index (χ0v) is 18.3. The van der Waals surface area contributed by atoms with Crippen molar-refractivity contribution in [1.82, 2.24) is 9.80 Å². The van der Waals surface area contributed by atoms with Gasteiger partial charge in [-0.1, -0.05) is 37.6 Å². The van der Waals surface area contributed by atoms with Crippen LogP contribution >= 0.6 is 11.3 Å². The summed E-state index contributed by atoms with van der Waals surface area (Å²) in [4.78, 5) is 30.8. The number of hydrogen-bond donors (Lipinski definition) is 0. The maximum Gasteiger partial charge on any atom is 0.249 e.